The number of carboxylic acids is 1. The van der Waals surface area contributed by atoms with Crippen molar-refractivity contribution in [2.75, 3.05) is 6.54 Å². The quantitative estimate of drug-likeness (QED) is 0.650. The molecular weight excluding hydrogens is 271 g/mol. The van der Waals surface area contributed by atoms with E-state index in [1.807, 2.05) is 0 Å². The van der Waals surface area contributed by atoms with E-state index < -0.39 is 34.8 Å². The van der Waals surface area contributed by atoms with Crippen molar-refractivity contribution in [3.8, 4) is 0 Å². The molecule has 0 unspecified atom stereocenters. The van der Waals surface area contributed by atoms with Crippen LogP contribution in [-0.4, -0.2) is 39.4 Å². The van der Waals surface area contributed by atoms with Gasteiger partial charge in [-0.1, -0.05) is 0 Å². The molecule has 0 spiro atoms. The van der Waals surface area contributed by atoms with Crippen molar-refractivity contribution < 1.29 is 24.0 Å². The maximum absolute atomic E-state index is 13.5. The summed E-state index contributed by atoms with van der Waals surface area (Å²) in [5.41, 5.74) is -0.820. The molecular formula is C12H11FN2O5. The highest BCUT2D eigenvalue weighted by atomic mass is 19.1. The molecule has 1 amide bonds. The second-order valence-corrected chi connectivity index (χ2v) is 4.48. The predicted molar refractivity (Wildman–Crippen MR) is 64.7 cm³/mol. The number of nitro groups is 1. The van der Waals surface area contributed by atoms with E-state index in [0.717, 1.165) is 23.1 Å². The second kappa shape index (κ2) is 5.24. The maximum atomic E-state index is 13.5. The van der Waals surface area contributed by atoms with Crippen LogP contribution in [0.5, 0.6) is 0 Å². The smallest absolute Gasteiger partial charge is 0.323 e. The van der Waals surface area contributed by atoms with Crippen molar-refractivity contribution in [1.29, 1.82) is 0 Å². The summed E-state index contributed by atoms with van der Waals surface area (Å²) in [7, 11) is 0. The minimum absolute atomic E-state index is 0.0961. The van der Waals surface area contributed by atoms with E-state index >= 15 is 0 Å². The lowest BCUT2D eigenvalue weighted by Gasteiger charge is -2.20. The second-order valence-electron chi connectivity index (χ2n) is 4.48. The number of carbonyl (C=O) groups is 2. The van der Waals surface area contributed by atoms with Gasteiger partial charge >= 0.3 is 11.7 Å². The van der Waals surface area contributed by atoms with Crippen molar-refractivity contribution in [3.05, 3.63) is 39.7 Å². The summed E-state index contributed by atoms with van der Waals surface area (Å²) in [4.78, 5) is 33.6. The van der Waals surface area contributed by atoms with E-state index in [9.17, 15) is 24.1 Å². The molecule has 1 fully saturated rings. The first-order chi connectivity index (χ1) is 9.40. The van der Waals surface area contributed by atoms with E-state index in [2.05, 4.69) is 0 Å². The summed E-state index contributed by atoms with van der Waals surface area (Å²) in [6.45, 7) is -0.470. The average Bonchev–Trinajstić information content (AvgIpc) is 3.18. The van der Waals surface area contributed by atoms with Crippen LogP contribution in [0.2, 0.25) is 0 Å². The highest BCUT2D eigenvalue weighted by Crippen LogP contribution is 2.28. The SMILES string of the molecule is O=C(O)CN(C(=O)c1ccc([N+](=O)[O-])c(F)c1)C1CC1. The number of rotatable bonds is 5. The van der Waals surface area contributed by atoms with Crippen LogP contribution in [-0.2, 0) is 4.79 Å². The number of carbonyl (C=O) groups excluding carboxylic acids is 1. The van der Waals surface area contributed by atoms with Crippen LogP contribution in [0.4, 0.5) is 10.1 Å². The van der Waals surface area contributed by atoms with Crippen LogP contribution < -0.4 is 0 Å². The Labute approximate surface area is 112 Å². The Bertz CT molecular complexity index is 585. The lowest BCUT2D eigenvalue weighted by Crippen LogP contribution is -2.37. The molecule has 1 aromatic rings. The molecule has 1 aliphatic rings. The van der Waals surface area contributed by atoms with E-state index in [1.165, 1.54) is 0 Å². The number of benzene rings is 1. The summed E-state index contributed by atoms with van der Waals surface area (Å²) >= 11 is 0. The summed E-state index contributed by atoms with van der Waals surface area (Å²) < 4.78 is 13.5. The third-order valence-corrected chi connectivity index (χ3v) is 2.95. The normalized spacial score (nSPS) is 13.8. The van der Waals surface area contributed by atoms with Gasteiger partial charge in [0.15, 0.2) is 0 Å². The van der Waals surface area contributed by atoms with Gasteiger partial charge in [0.1, 0.15) is 6.54 Å². The largest absolute Gasteiger partial charge is 0.480 e. The molecule has 106 valence electrons. The fourth-order valence-corrected chi connectivity index (χ4v) is 1.85. The van der Waals surface area contributed by atoms with E-state index in [0.29, 0.717) is 12.8 Å². The maximum Gasteiger partial charge on any atom is 0.323 e. The molecule has 0 bridgehead atoms. The van der Waals surface area contributed by atoms with Gasteiger partial charge in [-0.05, 0) is 25.0 Å². The molecule has 0 saturated heterocycles. The highest BCUT2D eigenvalue weighted by Gasteiger charge is 2.34. The van der Waals surface area contributed by atoms with Gasteiger partial charge in [-0.15, -0.1) is 0 Å². The fourth-order valence-electron chi connectivity index (χ4n) is 1.85. The van der Waals surface area contributed by atoms with Crippen molar-refractivity contribution in [1.82, 2.24) is 4.90 Å². The van der Waals surface area contributed by atoms with Gasteiger partial charge in [0.2, 0.25) is 5.82 Å². The fraction of sp³-hybridized carbons (Fsp3) is 0.333. The lowest BCUT2D eigenvalue weighted by molar-refractivity contribution is -0.387. The van der Waals surface area contributed by atoms with Crippen LogP contribution >= 0.6 is 0 Å². The Hall–Kier alpha value is -2.51. The van der Waals surface area contributed by atoms with E-state index in [4.69, 9.17) is 5.11 Å². The monoisotopic (exact) mass is 282 g/mol. The van der Waals surface area contributed by atoms with Crippen molar-refractivity contribution >= 4 is 17.6 Å². The molecule has 1 aromatic carbocycles. The van der Waals surface area contributed by atoms with Crippen molar-refractivity contribution in [2.45, 2.75) is 18.9 Å². The zero-order valence-corrected chi connectivity index (χ0v) is 10.3. The number of halogens is 1. The van der Waals surface area contributed by atoms with Crippen LogP contribution in [0, 0.1) is 15.9 Å². The summed E-state index contributed by atoms with van der Waals surface area (Å²) in [5, 5.41) is 19.3. The molecule has 1 aliphatic carbocycles. The Balaban J connectivity index is 2.25. The summed E-state index contributed by atoms with van der Waals surface area (Å²) in [6.07, 6.45) is 1.41. The van der Waals surface area contributed by atoms with Gasteiger partial charge in [-0.25, -0.2) is 0 Å². The van der Waals surface area contributed by atoms with Gasteiger partial charge < -0.3 is 10.0 Å². The molecule has 2 rings (SSSR count). The first kappa shape index (κ1) is 13.9. The zero-order chi connectivity index (χ0) is 14.9. The third-order valence-electron chi connectivity index (χ3n) is 2.95. The first-order valence-corrected chi connectivity index (χ1v) is 5.87. The Kier molecular flexibility index (Phi) is 3.64. The van der Waals surface area contributed by atoms with Crippen molar-refractivity contribution in [3.63, 3.8) is 0 Å². The summed E-state index contributed by atoms with van der Waals surface area (Å²) in [6, 6.07) is 2.63. The Morgan fingerprint density at radius 1 is 1.45 bits per heavy atom. The van der Waals surface area contributed by atoms with E-state index in [1.54, 1.807) is 0 Å². The lowest BCUT2D eigenvalue weighted by atomic mass is 10.1. The van der Waals surface area contributed by atoms with Gasteiger partial charge in [-0.2, -0.15) is 4.39 Å². The molecule has 20 heavy (non-hydrogen) atoms. The van der Waals surface area contributed by atoms with E-state index in [-0.39, 0.29) is 11.6 Å². The minimum atomic E-state index is -1.16. The van der Waals surface area contributed by atoms with Gasteiger partial charge in [0.05, 0.1) is 4.92 Å². The number of hydrogen-bond acceptors (Lipinski definition) is 4. The molecule has 8 heteroatoms. The number of carboxylic acid groups (broad SMARTS) is 1. The highest BCUT2D eigenvalue weighted by molar-refractivity contribution is 5.96. The molecule has 0 aliphatic heterocycles. The molecule has 1 N–H and O–H groups in total. The Morgan fingerprint density at radius 2 is 2.10 bits per heavy atom. The molecule has 0 radical (unpaired) electrons. The van der Waals surface area contributed by atoms with Crippen LogP contribution in [0.15, 0.2) is 18.2 Å². The van der Waals surface area contributed by atoms with Crippen molar-refractivity contribution in [2.24, 2.45) is 0 Å². The summed E-state index contributed by atoms with van der Waals surface area (Å²) in [5.74, 6) is -2.91. The number of hydrogen-bond donors (Lipinski definition) is 1. The predicted octanol–water partition coefficient (Wildman–Crippen LogP) is 1.42. The molecule has 7 nitrogen and oxygen atoms in total. The van der Waals surface area contributed by atoms with Gasteiger partial charge in [-0.3, -0.25) is 19.7 Å². The molecule has 1 saturated carbocycles. The topological polar surface area (TPSA) is 101 Å². The zero-order valence-electron chi connectivity index (χ0n) is 10.3. The van der Waals surface area contributed by atoms with Gasteiger partial charge in [0.25, 0.3) is 5.91 Å². The Morgan fingerprint density at radius 3 is 2.55 bits per heavy atom. The number of aliphatic carboxylic acids is 1. The molecule has 0 aromatic heterocycles. The van der Waals surface area contributed by atoms with Crippen LogP contribution in [0.1, 0.15) is 23.2 Å². The number of amides is 1. The van der Waals surface area contributed by atoms with Crippen LogP contribution in [0.25, 0.3) is 0 Å². The minimum Gasteiger partial charge on any atom is -0.480 e. The standard InChI is InChI=1S/C12H11FN2O5/c13-9-5-7(1-4-10(9)15(19)20)12(18)14(6-11(16)17)8-2-3-8/h1,4-5,8H,2-3,6H2,(H,16,17). The molecule has 0 heterocycles. The average molecular weight is 282 g/mol. The number of nitrogens with zero attached hydrogens (tertiary/aromatic N) is 2. The third kappa shape index (κ3) is 2.90. The number of nitro benzene ring substituents is 1. The first-order valence-electron chi connectivity index (χ1n) is 5.87. The van der Waals surface area contributed by atoms with Gasteiger partial charge in [0, 0.05) is 17.7 Å². The molecule has 0 atom stereocenters. The van der Waals surface area contributed by atoms with Crippen LogP contribution in [0.3, 0.4) is 0 Å².